The number of ether oxygens (including phenoxy) is 3. The summed E-state index contributed by atoms with van der Waals surface area (Å²) in [7, 11) is 0. The van der Waals surface area contributed by atoms with E-state index in [0.717, 1.165) is 55.1 Å². The van der Waals surface area contributed by atoms with Gasteiger partial charge >= 0.3 is 0 Å². The Morgan fingerprint density at radius 1 is 1.10 bits per heavy atom. The van der Waals surface area contributed by atoms with E-state index in [0.29, 0.717) is 37.6 Å². The zero-order valence-corrected chi connectivity index (χ0v) is 17.3. The molecule has 0 unspecified atom stereocenters. The molecule has 29 heavy (non-hydrogen) atoms. The van der Waals surface area contributed by atoms with Crippen molar-refractivity contribution in [2.24, 2.45) is 5.92 Å². The molecule has 5 rings (SSSR count). The average Bonchev–Trinajstić information content (AvgIpc) is 3.38. The highest BCUT2D eigenvalue weighted by atomic mass is 16.7. The van der Waals surface area contributed by atoms with Crippen LogP contribution in [0.4, 0.5) is 0 Å². The SMILES string of the molecule is Cc1cccc([C@H]2C[C@@H]2COc2nc(C)ncc2C2CCC3(CC2)OCCO3)n1. The minimum absolute atomic E-state index is 0.342. The van der Waals surface area contributed by atoms with Gasteiger partial charge in [-0.05, 0) is 51.2 Å². The third-order valence-electron chi connectivity index (χ3n) is 6.55. The van der Waals surface area contributed by atoms with E-state index in [2.05, 4.69) is 27.1 Å². The zero-order valence-electron chi connectivity index (χ0n) is 17.3. The molecular weight excluding hydrogens is 366 g/mol. The molecule has 2 atom stereocenters. The number of aromatic nitrogens is 3. The molecule has 2 aromatic rings. The average molecular weight is 396 g/mol. The van der Waals surface area contributed by atoms with Gasteiger partial charge in [-0.2, -0.15) is 4.98 Å². The van der Waals surface area contributed by atoms with Crippen LogP contribution in [-0.2, 0) is 9.47 Å². The van der Waals surface area contributed by atoms with E-state index < -0.39 is 0 Å². The van der Waals surface area contributed by atoms with Crippen molar-refractivity contribution in [2.45, 2.75) is 63.6 Å². The van der Waals surface area contributed by atoms with E-state index in [4.69, 9.17) is 14.2 Å². The van der Waals surface area contributed by atoms with Crippen molar-refractivity contribution in [3.05, 3.63) is 47.2 Å². The van der Waals surface area contributed by atoms with Crippen molar-refractivity contribution in [3.63, 3.8) is 0 Å². The minimum atomic E-state index is -0.342. The van der Waals surface area contributed by atoms with Gasteiger partial charge in [0.05, 0.1) is 19.8 Å². The largest absolute Gasteiger partial charge is 0.477 e. The van der Waals surface area contributed by atoms with Gasteiger partial charge in [-0.25, -0.2) is 4.98 Å². The Balaban J connectivity index is 1.23. The standard InChI is InChI=1S/C23H29N3O3/c1-15-4-3-5-21(25-15)19-12-18(19)14-27-22-20(13-24-16(2)26-22)17-6-8-23(9-7-17)28-10-11-29-23/h3-5,13,17-19H,6-12,14H2,1-2H3/t18-,19+/m1/s1. The summed E-state index contributed by atoms with van der Waals surface area (Å²) < 4.78 is 18.0. The fourth-order valence-electron chi connectivity index (χ4n) is 4.76. The summed E-state index contributed by atoms with van der Waals surface area (Å²) in [4.78, 5) is 13.8. The van der Waals surface area contributed by atoms with E-state index in [9.17, 15) is 0 Å². The predicted octanol–water partition coefficient (Wildman–Crippen LogP) is 4.07. The first-order valence-electron chi connectivity index (χ1n) is 10.8. The molecule has 0 aromatic carbocycles. The Bertz CT molecular complexity index is 871. The first kappa shape index (κ1) is 18.9. The molecule has 2 aromatic heterocycles. The maximum absolute atomic E-state index is 6.25. The van der Waals surface area contributed by atoms with E-state index in [1.807, 2.05) is 26.1 Å². The summed E-state index contributed by atoms with van der Waals surface area (Å²) >= 11 is 0. The lowest BCUT2D eigenvalue weighted by atomic mass is 9.81. The van der Waals surface area contributed by atoms with Gasteiger partial charge in [0, 0.05) is 47.8 Å². The Hall–Kier alpha value is -2.05. The molecule has 0 radical (unpaired) electrons. The lowest BCUT2D eigenvalue weighted by molar-refractivity contribution is -0.178. The minimum Gasteiger partial charge on any atom is -0.477 e. The first-order valence-corrected chi connectivity index (χ1v) is 10.8. The summed E-state index contributed by atoms with van der Waals surface area (Å²) in [6, 6.07) is 6.26. The molecule has 0 bridgehead atoms. The summed E-state index contributed by atoms with van der Waals surface area (Å²) in [5, 5.41) is 0. The van der Waals surface area contributed by atoms with Crippen LogP contribution in [0.25, 0.3) is 0 Å². The number of hydrogen-bond donors (Lipinski definition) is 0. The Kier molecular flexibility index (Phi) is 5.00. The molecule has 2 aliphatic carbocycles. The molecule has 1 aliphatic heterocycles. The normalized spacial score (nSPS) is 26.0. The van der Waals surface area contributed by atoms with Crippen molar-refractivity contribution in [3.8, 4) is 5.88 Å². The van der Waals surface area contributed by atoms with E-state index in [-0.39, 0.29) is 5.79 Å². The monoisotopic (exact) mass is 395 g/mol. The molecule has 0 N–H and O–H groups in total. The maximum Gasteiger partial charge on any atom is 0.220 e. The molecule has 0 amide bonds. The van der Waals surface area contributed by atoms with Crippen LogP contribution in [0.1, 0.15) is 66.7 Å². The highest BCUT2D eigenvalue weighted by molar-refractivity contribution is 5.29. The van der Waals surface area contributed by atoms with Gasteiger partial charge in [0.2, 0.25) is 5.88 Å². The molecule has 1 saturated heterocycles. The van der Waals surface area contributed by atoms with Crippen molar-refractivity contribution in [2.75, 3.05) is 19.8 Å². The second-order valence-corrected chi connectivity index (χ2v) is 8.68. The van der Waals surface area contributed by atoms with Gasteiger partial charge in [0.25, 0.3) is 0 Å². The van der Waals surface area contributed by atoms with Crippen LogP contribution < -0.4 is 4.74 Å². The lowest BCUT2D eigenvalue weighted by Crippen LogP contribution is -2.34. The second kappa shape index (κ2) is 7.65. The highest BCUT2D eigenvalue weighted by Gasteiger charge is 2.42. The van der Waals surface area contributed by atoms with Gasteiger partial charge in [-0.15, -0.1) is 0 Å². The van der Waals surface area contributed by atoms with Crippen LogP contribution in [0, 0.1) is 19.8 Å². The highest BCUT2D eigenvalue weighted by Crippen LogP contribution is 2.48. The number of aryl methyl sites for hydroxylation is 2. The van der Waals surface area contributed by atoms with Crippen molar-refractivity contribution in [1.82, 2.24) is 15.0 Å². The summed E-state index contributed by atoms with van der Waals surface area (Å²) in [6.07, 6.45) is 6.98. The number of rotatable bonds is 5. The zero-order chi connectivity index (χ0) is 19.8. The van der Waals surface area contributed by atoms with Crippen LogP contribution in [-0.4, -0.2) is 40.6 Å². The van der Waals surface area contributed by atoms with Gasteiger partial charge in [0.1, 0.15) is 5.82 Å². The van der Waals surface area contributed by atoms with Crippen molar-refractivity contribution >= 4 is 0 Å². The van der Waals surface area contributed by atoms with Gasteiger partial charge in [-0.3, -0.25) is 4.98 Å². The lowest BCUT2D eigenvalue weighted by Gasteiger charge is -2.35. The Morgan fingerprint density at radius 2 is 1.90 bits per heavy atom. The van der Waals surface area contributed by atoms with Crippen LogP contribution in [0.2, 0.25) is 0 Å². The topological polar surface area (TPSA) is 66.4 Å². The predicted molar refractivity (Wildman–Crippen MR) is 108 cm³/mol. The number of pyridine rings is 1. The first-order chi connectivity index (χ1) is 14.1. The molecule has 3 aliphatic rings. The molecule has 3 heterocycles. The summed E-state index contributed by atoms with van der Waals surface area (Å²) in [5.41, 5.74) is 3.40. The molecule has 6 nitrogen and oxygen atoms in total. The molecule has 154 valence electrons. The number of nitrogens with zero attached hydrogens (tertiary/aromatic N) is 3. The molecule has 2 saturated carbocycles. The van der Waals surface area contributed by atoms with Crippen LogP contribution in [0.15, 0.2) is 24.4 Å². The van der Waals surface area contributed by atoms with Crippen molar-refractivity contribution < 1.29 is 14.2 Å². The van der Waals surface area contributed by atoms with Gasteiger partial charge in [0.15, 0.2) is 5.79 Å². The van der Waals surface area contributed by atoms with E-state index in [1.54, 1.807) is 0 Å². The van der Waals surface area contributed by atoms with Gasteiger partial charge < -0.3 is 14.2 Å². The van der Waals surface area contributed by atoms with E-state index >= 15 is 0 Å². The molecule has 6 heteroatoms. The third kappa shape index (κ3) is 4.01. The van der Waals surface area contributed by atoms with Crippen molar-refractivity contribution in [1.29, 1.82) is 0 Å². The Morgan fingerprint density at radius 3 is 2.66 bits per heavy atom. The van der Waals surface area contributed by atoms with Crippen LogP contribution in [0.3, 0.4) is 0 Å². The molecule has 3 fully saturated rings. The maximum atomic E-state index is 6.25. The van der Waals surface area contributed by atoms with Gasteiger partial charge in [-0.1, -0.05) is 6.07 Å². The third-order valence-corrected chi connectivity index (χ3v) is 6.55. The quantitative estimate of drug-likeness (QED) is 0.760. The smallest absolute Gasteiger partial charge is 0.220 e. The fourth-order valence-corrected chi connectivity index (χ4v) is 4.76. The molecular formula is C23H29N3O3. The molecule has 1 spiro atoms. The fraction of sp³-hybridized carbons (Fsp3) is 0.609. The summed E-state index contributed by atoms with van der Waals surface area (Å²) in [5.74, 6) is 2.60. The van der Waals surface area contributed by atoms with E-state index in [1.165, 1.54) is 5.69 Å². The van der Waals surface area contributed by atoms with Crippen LogP contribution >= 0.6 is 0 Å². The Labute approximate surface area is 172 Å². The second-order valence-electron chi connectivity index (χ2n) is 8.68. The van der Waals surface area contributed by atoms with Crippen LogP contribution in [0.5, 0.6) is 5.88 Å². The number of hydrogen-bond acceptors (Lipinski definition) is 6. The summed E-state index contributed by atoms with van der Waals surface area (Å²) in [6.45, 7) is 6.08.